The maximum atomic E-state index is 12.2. The number of hydrogen-bond donors (Lipinski definition) is 2. The number of aromatic nitrogens is 1. The summed E-state index contributed by atoms with van der Waals surface area (Å²) in [5.41, 5.74) is 3.14. The molecule has 0 saturated carbocycles. The van der Waals surface area contributed by atoms with Crippen LogP contribution in [-0.4, -0.2) is 17.4 Å². The maximum Gasteiger partial charge on any atom is 0.257 e. The average molecular weight is 259 g/mol. The van der Waals surface area contributed by atoms with Gasteiger partial charge in [0.2, 0.25) is 0 Å². The summed E-state index contributed by atoms with van der Waals surface area (Å²) in [6.45, 7) is 1.77. The Kier molecular flexibility index (Phi) is 3.08. The minimum absolute atomic E-state index is 0.0660. The number of nitrogens with zero attached hydrogens (tertiary/aromatic N) is 1. The largest absolute Gasteiger partial charge is 0.312 e. The first-order valence-electron chi connectivity index (χ1n) is 5.87. The lowest BCUT2D eigenvalue weighted by molar-refractivity contribution is 0.102. The van der Waals surface area contributed by atoms with Gasteiger partial charge in [0.1, 0.15) is 0 Å². The summed E-state index contributed by atoms with van der Waals surface area (Å²) in [4.78, 5) is 16.3. The third-order valence-corrected chi connectivity index (χ3v) is 3.73. The Labute approximate surface area is 109 Å². The number of nitrogens with one attached hydrogen (secondary N) is 2. The SMILES string of the molecule is O=C(Nc1nccs1)c1cccc2c1CCNC2. The van der Waals surface area contributed by atoms with Gasteiger partial charge in [-0.3, -0.25) is 10.1 Å². The smallest absolute Gasteiger partial charge is 0.257 e. The molecule has 1 amide bonds. The molecule has 0 fully saturated rings. The molecule has 0 spiro atoms. The Morgan fingerprint density at radius 2 is 2.39 bits per heavy atom. The van der Waals surface area contributed by atoms with E-state index >= 15 is 0 Å². The number of rotatable bonds is 2. The third kappa shape index (κ3) is 2.14. The Bertz CT molecular complexity index is 566. The van der Waals surface area contributed by atoms with Crippen LogP contribution in [0.5, 0.6) is 0 Å². The Morgan fingerprint density at radius 1 is 1.44 bits per heavy atom. The Balaban J connectivity index is 1.89. The zero-order valence-corrected chi connectivity index (χ0v) is 10.6. The van der Waals surface area contributed by atoms with E-state index in [-0.39, 0.29) is 5.91 Å². The lowest BCUT2D eigenvalue weighted by Crippen LogP contribution is -2.26. The molecule has 2 heterocycles. The van der Waals surface area contributed by atoms with Crippen molar-refractivity contribution in [3.05, 3.63) is 46.5 Å². The second-order valence-corrected chi connectivity index (χ2v) is 5.06. The summed E-state index contributed by atoms with van der Waals surface area (Å²) in [5, 5.41) is 8.64. The topological polar surface area (TPSA) is 54.0 Å². The molecule has 1 aromatic heterocycles. The van der Waals surface area contributed by atoms with Gasteiger partial charge in [-0.25, -0.2) is 4.98 Å². The third-order valence-electron chi connectivity index (χ3n) is 3.04. The molecule has 18 heavy (non-hydrogen) atoms. The fourth-order valence-corrected chi connectivity index (χ4v) is 2.72. The summed E-state index contributed by atoms with van der Waals surface area (Å²) < 4.78 is 0. The van der Waals surface area contributed by atoms with Crippen molar-refractivity contribution in [2.45, 2.75) is 13.0 Å². The number of hydrogen-bond acceptors (Lipinski definition) is 4. The van der Waals surface area contributed by atoms with Crippen LogP contribution in [0.2, 0.25) is 0 Å². The van der Waals surface area contributed by atoms with Gasteiger partial charge in [0, 0.05) is 23.7 Å². The van der Waals surface area contributed by atoms with Crippen LogP contribution in [0.1, 0.15) is 21.5 Å². The van der Waals surface area contributed by atoms with Crippen molar-refractivity contribution in [2.75, 3.05) is 11.9 Å². The molecule has 1 aromatic carbocycles. The van der Waals surface area contributed by atoms with E-state index in [0.29, 0.717) is 5.13 Å². The molecule has 3 rings (SSSR count). The van der Waals surface area contributed by atoms with Crippen LogP contribution in [0.3, 0.4) is 0 Å². The number of fused-ring (bicyclic) bond motifs is 1. The van der Waals surface area contributed by atoms with E-state index in [1.807, 2.05) is 17.5 Å². The molecule has 0 radical (unpaired) electrons. The van der Waals surface area contributed by atoms with E-state index in [1.165, 1.54) is 16.9 Å². The van der Waals surface area contributed by atoms with Gasteiger partial charge in [-0.1, -0.05) is 12.1 Å². The summed E-state index contributed by atoms with van der Waals surface area (Å²) in [6.07, 6.45) is 2.58. The average Bonchev–Trinajstić information content (AvgIpc) is 2.91. The fourth-order valence-electron chi connectivity index (χ4n) is 2.19. The number of carbonyl (C=O) groups excluding carboxylic acids is 1. The highest BCUT2D eigenvalue weighted by atomic mass is 32.1. The molecule has 92 valence electrons. The van der Waals surface area contributed by atoms with E-state index in [1.54, 1.807) is 6.20 Å². The predicted octanol–water partition coefficient (Wildman–Crippen LogP) is 2.04. The van der Waals surface area contributed by atoms with Crippen LogP contribution < -0.4 is 10.6 Å². The molecule has 0 saturated heterocycles. The van der Waals surface area contributed by atoms with Crippen LogP contribution in [0.4, 0.5) is 5.13 Å². The van der Waals surface area contributed by atoms with Crippen LogP contribution in [0, 0.1) is 0 Å². The normalized spacial score (nSPS) is 14.0. The highest BCUT2D eigenvalue weighted by molar-refractivity contribution is 7.13. The first-order chi connectivity index (χ1) is 8.84. The van der Waals surface area contributed by atoms with Crippen molar-refractivity contribution in [3.8, 4) is 0 Å². The molecule has 4 nitrogen and oxygen atoms in total. The number of benzene rings is 1. The summed E-state index contributed by atoms with van der Waals surface area (Å²) >= 11 is 1.43. The van der Waals surface area contributed by atoms with Crippen LogP contribution >= 0.6 is 11.3 Å². The van der Waals surface area contributed by atoms with E-state index in [0.717, 1.165) is 30.6 Å². The molecule has 0 aliphatic carbocycles. The summed E-state index contributed by atoms with van der Waals surface area (Å²) in [7, 11) is 0. The lowest BCUT2D eigenvalue weighted by Gasteiger charge is -2.19. The van der Waals surface area contributed by atoms with Gasteiger partial charge in [0.05, 0.1) is 0 Å². The standard InChI is InChI=1S/C13H13N3OS/c17-12(16-13-15-6-7-18-13)11-3-1-2-9-8-14-5-4-10(9)11/h1-3,6-7,14H,4-5,8H2,(H,15,16,17). The minimum atomic E-state index is -0.0660. The minimum Gasteiger partial charge on any atom is -0.312 e. The number of thiazole rings is 1. The van der Waals surface area contributed by atoms with E-state index in [9.17, 15) is 4.79 Å². The Morgan fingerprint density at radius 3 is 3.22 bits per heavy atom. The van der Waals surface area contributed by atoms with Crippen molar-refractivity contribution in [1.29, 1.82) is 0 Å². The highest BCUT2D eigenvalue weighted by Gasteiger charge is 2.17. The second-order valence-electron chi connectivity index (χ2n) is 4.16. The van der Waals surface area contributed by atoms with Crippen molar-refractivity contribution < 1.29 is 4.79 Å². The molecular formula is C13H13N3OS. The van der Waals surface area contributed by atoms with Crippen molar-refractivity contribution in [1.82, 2.24) is 10.3 Å². The number of carbonyl (C=O) groups is 1. The van der Waals surface area contributed by atoms with Crippen molar-refractivity contribution in [3.63, 3.8) is 0 Å². The van der Waals surface area contributed by atoms with Crippen LogP contribution in [-0.2, 0) is 13.0 Å². The van der Waals surface area contributed by atoms with Crippen LogP contribution in [0.15, 0.2) is 29.8 Å². The first kappa shape index (κ1) is 11.4. The number of anilines is 1. The maximum absolute atomic E-state index is 12.2. The van der Waals surface area contributed by atoms with Gasteiger partial charge in [-0.05, 0) is 30.2 Å². The molecule has 0 unspecified atom stereocenters. The summed E-state index contributed by atoms with van der Waals surface area (Å²) in [5.74, 6) is -0.0660. The molecule has 2 N–H and O–H groups in total. The highest BCUT2D eigenvalue weighted by Crippen LogP contribution is 2.20. The quantitative estimate of drug-likeness (QED) is 0.867. The zero-order valence-electron chi connectivity index (χ0n) is 9.77. The van der Waals surface area contributed by atoms with E-state index in [2.05, 4.69) is 21.7 Å². The molecule has 0 atom stereocenters. The number of amides is 1. The summed E-state index contributed by atoms with van der Waals surface area (Å²) in [6, 6.07) is 5.89. The first-order valence-corrected chi connectivity index (χ1v) is 6.75. The molecular weight excluding hydrogens is 246 g/mol. The van der Waals surface area contributed by atoms with Gasteiger partial charge in [-0.15, -0.1) is 11.3 Å². The Hall–Kier alpha value is -1.72. The predicted molar refractivity (Wildman–Crippen MR) is 71.9 cm³/mol. The van der Waals surface area contributed by atoms with E-state index < -0.39 is 0 Å². The van der Waals surface area contributed by atoms with Gasteiger partial charge in [0.25, 0.3) is 5.91 Å². The molecule has 0 bridgehead atoms. The molecule has 1 aliphatic heterocycles. The zero-order chi connectivity index (χ0) is 12.4. The molecule has 1 aliphatic rings. The second kappa shape index (κ2) is 4.88. The monoisotopic (exact) mass is 259 g/mol. The van der Waals surface area contributed by atoms with Crippen molar-refractivity contribution >= 4 is 22.4 Å². The van der Waals surface area contributed by atoms with Gasteiger partial charge < -0.3 is 5.32 Å². The van der Waals surface area contributed by atoms with Crippen LogP contribution in [0.25, 0.3) is 0 Å². The lowest BCUT2D eigenvalue weighted by atomic mass is 9.95. The van der Waals surface area contributed by atoms with Crippen molar-refractivity contribution in [2.24, 2.45) is 0 Å². The molecule has 2 aromatic rings. The molecule has 5 heteroatoms. The van der Waals surface area contributed by atoms with Gasteiger partial charge >= 0.3 is 0 Å². The van der Waals surface area contributed by atoms with Gasteiger partial charge in [-0.2, -0.15) is 0 Å². The van der Waals surface area contributed by atoms with Gasteiger partial charge in [0.15, 0.2) is 5.13 Å². The fraction of sp³-hybridized carbons (Fsp3) is 0.231. The van der Waals surface area contributed by atoms with E-state index in [4.69, 9.17) is 0 Å².